The molecule has 2 heterocycles. The van der Waals surface area contributed by atoms with Crippen molar-refractivity contribution in [3.63, 3.8) is 0 Å². The lowest BCUT2D eigenvalue weighted by Crippen LogP contribution is -2.51. The van der Waals surface area contributed by atoms with Crippen LogP contribution in [0.3, 0.4) is 0 Å². The van der Waals surface area contributed by atoms with Crippen LogP contribution in [-0.2, 0) is 15.1 Å². The number of hydrogen-bond acceptors (Lipinski definition) is 3. The molecule has 1 fully saturated rings. The van der Waals surface area contributed by atoms with E-state index in [1.54, 1.807) is 17.1 Å². The van der Waals surface area contributed by atoms with Gasteiger partial charge in [-0.1, -0.05) is 23.7 Å². The Hall–Kier alpha value is -1.85. The molecule has 0 saturated carbocycles. The van der Waals surface area contributed by atoms with Crippen LogP contribution >= 0.6 is 11.6 Å². The third-order valence-corrected chi connectivity index (χ3v) is 4.66. The van der Waals surface area contributed by atoms with Gasteiger partial charge in [0.15, 0.2) is 0 Å². The summed E-state index contributed by atoms with van der Waals surface area (Å²) >= 11 is 6.00. The van der Waals surface area contributed by atoms with Gasteiger partial charge >= 0.3 is 0 Å². The summed E-state index contributed by atoms with van der Waals surface area (Å²) in [6, 6.07) is 9.12. The van der Waals surface area contributed by atoms with Gasteiger partial charge in [0.05, 0.1) is 5.54 Å². The molecule has 1 aromatic carbocycles. The molecule has 1 aliphatic rings. The van der Waals surface area contributed by atoms with Crippen molar-refractivity contribution in [3.8, 4) is 0 Å². The highest BCUT2D eigenvalue weighted by molar-refractivity contribution is 6.30. The van der Waals surface area contributed by atoms with Gasteiger partial charge in [-0.25, -0.2) is 0 Å². The average molecular weight is 334 g/mol. The van der Waals surface area contributed by atoms with Crippen LogP contribution in [0.1, 0.15) is 31.4 Å². The smallest absolute Gasteiger partial charge is 0.245 e. The molecule has 0 bridgehead atoms. The minimum Gasteiger partial charge on any atom is -0.381 e. The van der Waals surface area contributed by atoms with Gasteiger partial charge < -0.3 is 10.1 Å². The molecule has 122 valence electrons. The van der Waals surface area contributed by atoms with Crippen LogP contribution in [0.2, 0.25) is 5.02 Å². The van der Waals surface area contributed by atoms with E-state index in [2.05, 4.69) is 10.4 Å². The zero-order valence-electron chi connectivity index (χ0n) is 13.0. The highest BCUT2D eigenvalue weighted by Crippen LogP contribution is 2.33. The van der Waals surface area contributed by atoms with Crippen molar-refractivity contribution in [2.24, 2.45) is 0 Å². The third-order valence-electron chi connectivity index (χ3n) is 4.41. The number of carbonyl (C=O) groups excluding carboxylic acids is 1. The monoisotopic (exact) mass is 333 g/mol. The third kappa shape index (κ3) is 3.41. The van der Waals surface area contributed by atoms with E-state index in [1.165, 1.54) is 0 Å². The maximum absolute atomic E-state index is 12.7. The van der Waals surface area contributed by atoms with Crippen LogP contribution in [0, 0.1) is 0 Å². The van der Waals surface area contributed by atoms with E-state index in [0.717, 1.165) is 18.4 Å². The number of hydrogen-bond donors (Lipinski definition) is 1. The second-order valence-corrected chi connectivity index (χ2v) is 6.29. The molecule has 1 N–H and O–H groups in total. The lowest BCUT2D eigenvalue weighted by molar-refractivity contribution is -0.127. The van der Waals surface area contributed by atoms with E-state index in [-0.39, 0.29) is 11.9 Å². The van der Waals surface area contributed by atoms with Gasteiger partial charge in [0.1, 0.15) is 6.04 Å². The second-order valence-electron chi connectivity index (χ2n) is 5.85. The van der Waals surface area contributed by atoms with Gasteiger partial charge in [0.2, 0.25) is 5.91 Å². The maximum atomic E-state index is 12.7. The largest absolute Gasteiger partial charge is 0.381 e. The summed E-state index contributed by atoms with van der Waals surface area (Å²) in [6.07, 6.45) is 4.95. The van der Waals surface area contributed by atoms with Crippen LogP contribution in [-0.4, -0.2) is 28.9 Å². The number of amides is 1. The topological polar surface area (TPSA) is 56.1 Å². The number of halogens is 1. The molecule has 3 rings (SSSR count). The summed E-state index contributed by atoms with van der Waals surface area (Å²) < 4.78 is 7.15. The Morgan fingerprint density at radius 2 is 2.04 bits per heavy atom. The number of aromatic nitrogens is 2. The molecule has 1 aromatic heterocycles. The van der Waals surface area contributed by atoms with E-state index in [1.807, 2.05) is 37.3 Å². The summed E-state index contributed by atoms with van der Waals surface area (Å²) in [4.78, 5) is 12.7. The first-order valence-corrected chi connectivity index (χ1v) is 8.13. The normalized spacial score (nSPS) is 18.3. The Morgan fingerprint density at radius 3 is 2.65 bits per heavy atom. The number of benzene rings is 1. The van der Waals surface area contributed by atoms with Gasteiger partial charge in [-0.2, -0.15) is 5.10 Å². The lowest BCUT2D eigenvalue weighted by atomic mass is 9.82. The van der Waals surface area contributed by atoms with E-state index < -0.39 is 5.54 Å². The van der Waals surface area contributed by atoms with Crippen LogP contribution in [0.5, 0.6) is 0 Å². The molecule has 0 radical (unpaired) electrons. The minimum atomic E-state index is -0.415. The summed E-state index contributed by atoms with van der Waals surface area (Å²) in [5, 5.41) is 8.07. The van der Waals surface area contributed by atoms with Crippen molar-refractivity contribution in [1.29, 1.82) is 0 Å². The summed E-state index contributed by atoms with van der Waals surface area (Å²) in [5.41, 5.74) is 0.646. The number of rotatable bonds is 4. The van der Waals surface area contributed by atoms with Crippen LogP contribution < -0.4 is 5.32 Å². The van der Waals surface area contributed by atoms with E-state index >= 15 is 0 Å². The first kappa shape index (κ1) is 16.0. The van der Waals surface area contributed by atoms with E-state index in [0.29, 0.717) is 18.2 Å². The molecule has 1 aliphatic heterocycles. The molecular formula is C17H20ClN3O2. The van der Waals surface area contributed by atoms with Gasteiger partial charge in [0, 0.05) is 30.6 Å². The summed E-state index contributed by atoms with van der Waals surface area (Å²) in [5.74, 6) is -0.0504. The van der Waals surface area contributed by atoms with Gasteiger partial charge in [-0.3, -0.25) is 9.48 Å². The predicted octanol–water partition coefficient (Wildman–Crippen LogP) is 2.92. The summed E-state index contributed by atoms with van der Waals surface area (Å²) in [6.45, 7) is 3.09. The van der Waals surface area contributed by atoms with Crippen LogP contribution in [0.15, 0.2) is 42.7 Å². The van der Waals surface area contributed by atoms with Crippen molar-refractivity contribution in [2.75, 3.05) is 13.2 Å². The van der Waals surface area contributed by atoms with Crippen molar-refractivity contribution in [3.05, 3.63) is 53.3 Å². The quantitative estimate of drug-likeness (QED) is 0.936. The zero-order chi connectivity index (χ0) is 16.3. The van der Waals surface area contributed by atoms with Crippen LogP contribution in [0.4, 0.5) is 0 Å². The Bertz CT molecular complexity index is 649. The molecule has 1 unspecified atom stereocenters. The zero-order valence-corrected chi connectivity index (χ0v) is 13.8. The number of nitrogens with one attached hydrogen (secondary N) is 1. The molecule has 0 spiro atoms. The SMILES string of the molecule is CC(C(=O)NC1(c2ccc(Cl)cc2)CCOCC1)n1cccn1. The Labute approximate surface area is 140 Å². The fraction of sp³-hybridized carbons (Fsp3) is 0.412. The molecule has 2 aromatic rings. The molecule has 1 atom stereocenters. The average Bonchev–Trinajstić information content (AvgIpc) is 3.10. The van der Waals surface area contributed by atoms with Crippen molar-refractivity contribution in [2.45, 2.75) is 31.3 Å². The Kier molecular flexibility index (Phi) is 4.68. The highest BCUT2D eigenvalue weighted by atomic mass is 35.5. The van der Waals surface area contributed by atoms with Crippen LogP contribution in [0.25, 0.3) is 0 Å². The molecule has 1 amide bonds. The number of ether oxygens (including phenoxy) is 1. The molecule has 1 saturated heterocycles. The molecule has 5 nitrogen and oxygen atoms in total. The van der Waals surface area contributed by atoms with Crippen molar-refractivity contribution < 1.29 is 9.53 Å². The van der Waals surface area contributed by atoms with E-state index in [9.17, 15) is 4.79 Å². The fourth-order valence-corrected chi connectivity index (χ4v) is 3.07. The molecule has 6 heteroatoms. The van der Waals surface area contributed by atoms with E-state index in [4.69, 9.17) is 16.3 Å². The van der Waals surface area contributed by atoms with Crippen molar-refractivity contribution >= 4 is 17.5 Å². The fourth-order valence-electron chi connectivity index (χ4n) is 2.94. The molecule has 23 heavy (non-hydrogen) atoms. The predicted molar refractivity (Wildman–Crippen MR) is 88.3 cm³/mol. The Balaban J connectivity index is 1.84. The number of carbonyl (C=O) groups is 1. The first-order valence-electron chi connectivity index (χ1n) is 7.76. The summed E-state index contributed by atoms with van der Waals surface area (Å²) in [7, 11) is 0. The highest BCUT2D eigenvalue weighted by Gasteiger charge is 2.37. The first-order chi connectivity index (χ1) is 11.1. The lowest BCUT2D eigenvalue weighted by Gasteiger charge is -2.39. The second kappa shape index (κ2) is 6.72. The standard InChI is InChI=1S/C17H20ClN3O2/c1-13(21-10-2-9-19-21)16(22)20-17(7-11-23-12-8-17)14-3-5-15(18)6-4-14/h2-6,9-10,13H,7-8,11-12H2,1H3,(H,20,22). The van der Waals surface area contributed by atoms with Gasteiger partial charge in [0.25, 0.3) is 0 Å². The van der Waals surface area contributed by atoms with Gasteiger partial charge in [-0.15, -0.1) is 0 Å². The molecular weight excluding hydrogens is 314 g/mol. The molecule has 0 aliphatic carbocycles. The van der Waals surface area contributed by atoms with Crippen molar-refractivity contribution in [1.82, 2.24) is 15.1 Å². The maximum Gasteiger partial charge on any atom is 0.245 e. The number of nitrogens with zero attached hydrogens (tertiary/aromatic N) is 2. The minimum absolute atomic E-state index is 0.0504. The Morgan fingerprint density at radius 1 is 1.35 bits per heavy atom. The van der Waals surface area contributed by atoms with Gasteiger partial charge in [-0.05, 0) is 43.5 Å².